The Hall–Kier alpha value is -1.56. The summed E-state index contributed by atoms with van der Waals surface area (Å²) in [6.45, 7) is 1.26. The van der Waals surface area contributed by atoms with Crippen molar-refractivity contribution in [2.75, 3.05) is 6.54 Å². The van der Waals surface area contributed by atoms with Gasteiger partial charge >= 0.3 is 6.09 Å². The number of carbonyl (C=O) groups is 1. The normalized spacial score (nSPS) is 15.4. The quantitative estimate of drug-likeness (QED) is 0.657. The number of carboxylic acid groups (broad SMARTS) is 1. The molecule has 6 nitrogen and oxygen atoms in total. The molecular formula is C8H11N3O3. The zero-order chi connectivity index (χ0) is 10.1. The van der Waals surface area contributed by atoms with E-state index in [1.165, 1.54) is 4.90 Å². The minimum absolute atomic E-state index is 0.104. The first kappa shape index (κ1) is 9.01. The van der Waals surface area contributed by atoms with Crippen molar-refractivity contribution in [2.24, 2.45) is 0 Å². The van der Waals surface area contributed by atoms with Crippen LogP contribution in [0.3, 0.4) is 0 Å². The number of fused-ring (bicyclic) bond motifs is 1. The maximum absolute atomic E-state index is 10.7. The number of hydrogen-bond acceptors (Lipinski definition) is 3. The predicted octanol–water partition coefficient (Wildman–Crippen LogP) is -0.131. The first-order chi connectivity index (χ1) is 6.70. The van der Waals surface area contributed by atoms with Gasteiger partial charge in [-0.15, -0.1) is 0 Å². The van der Waals surface area contributed by atoms with Gasteiger partial charge in [-0.25, -0.2) is 4.79 Å². The number of amides is 1. The van der Waals surface area contributed by atoms with E-state index in [1.54, 1.807) is 10.7 Å². The maximum Gasteiger partial charge on any atom is 0.407 e. The third kappa shape index (κ3) is 1.44. The first-order valence-corrected chi connectivity index (χ1v) is 4.35. The lowest BCUT2D eigenvalue weighted by Gasteiger charge is -2.24. The lowest BCUT2D eigenvalue weighted by Crippen LogP contribution is -2.37. The van der Waals surface area contributed by atoms with Gasteiger partial charge < -0.3 is 15.1 Å². The second-order valence-electron chi connectivity index (χ2n) is 3.21. The number of aliphatic hydroxyl groups is 1. The molecule has 0 radical (unpaired) electrons. The molecule has 0 spiro atoms. The van der Waals surface area contributed by atoms with E-state index in [1.807, 2.05) is 0 Å². The van der Waals surface area contributed by atoms with Gasteiger partial charge in [-0.2, -0.15) is 5.10 Å². The molecule has 14 heavy (non-hydrogen) atoms. The SMILES string of the molecule is O=C(O)N1CCn2nc(CO)cc2C1. The van der Waals surface area contributed by atoms with Crippen molar-refractivity contribution in [3.8, 4) is 0 Å². The molecule has 0 bridgehead atoms. The van der Waals surface area contributed by atoms with Crippen LogP contribution in [0.2, 0.25) is 0 Å². The summed E-state index contributed by atoms with van der Waals surface area (Å²) >= 11 is 0. The molecule has 2 rings (SSSR count). The van der Waals surface area contributed by atoms with E-state index in [2.05, 4.69) is 5.10 Å². The van der Waals surface area contributed by atoms with Crippen LogP contribution in [0.4, 0.5) is 4.79 Å². The highest BCUT2D eigenvalue weighted by Crippen LogP contribution is 2.13. The second-order valence-corrected chi connectivity index (χ2v) is 3.21. The maximum atomic E-state index is 10.7. The minimum atomic E-state index is -0.914. The number of aromatic nitrogens is 2. The molecule has 0 saturated carbocycles. The topological polar surface area (TPSA) is 78.6 Å². The molecule has 76 valence electrons. The van der Waals surface area contributed by atoms with Crippen molar-refractivity contribution in [1.82, 2.24) is 14.7 Å². The Kier molecular flexibility index (Phi) is 2.12. The summed E-state index contributed by atoms with van der Waals surface area (Å²) in [4.78, 5) is 12.0. The smallest absolute Gasteiger partial charge is 0.407 e. The monoisotopic (exact) mass is 197 g/mol. The fourth-order valence-electron chi connectivity index (χ4n) is 1.57. The molecule has 0 unspecified atom stereocenters. The molecule has 0 atom stereocenters. The Balaban J connectivity index is 2.21. The summed E-state index contributed by atoms with van der Waals surface area (Å²) in [5.74, 6) is 0. The molecule has 1 aliphatic rings. The van der Waals surface area contributed by atoms with Crippen molar-refractivity contribution in [1.29, 1.82) is 0 Å². The van der Waals surface area contributed by atoms with E-state index in [-0.39, 0.29) is 6.61 Å². The van der Waals surface area contributed by atoms with Gasteiger partial charge in [0.15, 0.2) is 0 Å². The van der Waals surface area contributed by atoms with Gasteiger partial charge in [0.05, 0.1) is 31.1 Å². The van der Waals surface area contributed by atoms with Crippen LogP contribution in [0.1, 0.15) is 11.4 Å². The van der Waals surface area contributed by atoms with Crippen LogP contribution in [0.5, 0.6) is 0 Å². The van der Waals surface area contributed by atoms with Crippen molar-refractivity contribution in [2.45, 2.75) is 19.7 Å². The van der Waals surface area contributed by atoms with Crippen LogP contribution >= 0.6 is 0 Å². The van der Waals surface area contributed by atoms with Crippen molar-refractivity contribution < 1.29 is 15.0 Å². The zero-order valence-electron chi connectivity index (χ0n) is 7.55. The van der Waals surface area contributed by atoms with Gasteiger partial charge in [0.25, 0.3) is 0 Å². The molecule has 2 N–H and O–H groups in total. The standard InChI is InChI=1S/C8H11N3O3/c12-5-6-3-7-4-10(8(13)14)1-2-11(7)9-6/h3,12H,1-2,4-5H2,(H,13,14). The van der Waals surface area contributed by atoms with Crippen LogP contribution in [-0.4, -0.2) is 37.5 Å². The largest absolute Gasteiger partial charge is 0.465 e. The Morgan fingerprint density at radius 3 is 3.00 bits per heavy atom. The van der Waals surface area contributed by atoms with Crippen molar-refractivity contribution >= 4 is 6.09 Å². The average molecular weight is 197 g/mol. The van der Waals surface area contributed by atoms with Crippen LogP contribution in [-0.2, 0) is 19.7 Å². The van der Waals surface area contributed by atoms with Gasteiger partial charge in [-0.05, 0) is 6.07 Å². The summed E-state index contributed by atoms with van der Waals surface area (Å²) in [6, 6.07) is 1.73. The van der Waals surface area contributed by atoms with Gasteiger partial charge in [0, 0.05) is 6.54 Å². The molecule has 0 aromatic carbocycles. The first-order valence-electron chi connectivity index (χ1n) is 4.35. The minimum Gasteiger partial charge on any atom is -0.465 e. The zero-order valence-corrected chi connectivity index (χ0v) is 7.55. The number of nitrogens with zero attached hydrogens (tertiary/aromatic N) is 3. The van der Waals surface area contributed by atoms with Gasteiger partial charge in [-0.1, -0.05) is 0 Å². The van der Waals surface area contributed by atoms with Gasteiger partial charge in [0.2, 0.25) is 0 Å². The lowest BCUT2D eigenvalue weighted by atomic mass is 10.3. The second kappa shape index (κ2) is 3.30. The highest BCUT2D eigenvalue weighted by atomic mass is 16.4. The molecule has 2 heterocycles. The Morgan fingerprint density at radius 1 is 1.57 bits per heavy atom. The van der Waals surface area contributed by atoms with Crippen LogP contribution in [0.15, 0.2) is 6.07 Å². The van der Waals surface area contributed by atoms with Crippen LogP contribution < -0.4 is 0 Å². The summed E-state index contributed by atoms with van der Waals surface area (Å²) in [6.07, 6.45) is -0.914. The molecule has 0 fully saturated rings. The summed E-state index contributed by atoms with van der Waals surface area (Å²) in [5, 5.41) is 21.7. The number of rotatable bonds is 1. The summed E-state index contributed by atoms with van der Waals surface area (Å²) < 4.78 is 1.74. The Morgan fingerprint density at radius 2 is 2.36 bits per heavy atom. The number of aliphatic hydroxyl groups excluding tert-OH is 1. The Bertz CT molecular complexity index is 361. The third-order valence-electron chi connectivity index (χ3n) is 2.28. The van der Waals surface area contributed by atoms with E-state index < -0.39 is 6.09 Å². The third-order valence-corrected chi connectivity index (χ3v) is 2.28. The van der Waals surface area contributed by atoms with Gasteiger partial charge in [-0.3, -0.25) is 4.68 Å². The molecule has 1 amide bonds. The van der Waals surface area contributed by atoms with Crippen molar-refractivity contribution in [3.05, 3.63) is 17.5 Å². The highest BCUT2D eigenvalue weighted by Gasteiger charge is 2.21. The predicted molar refractivity (Wildman–Crippen MR) is 46.6 cm³/mol. The number of hydrogen-bond donors (Lipinski definition) is 2. The summed E-state index contributed by atoms with van der Waals surface area (Å²) in [7, 11) is 0. The highest BCUT2D eigenvalue weighted by molar-refractivity contribution is 5.65. The molecule has 1 aliphatic heterocycles. The van der Waals surface area contributed by atoms with E-state index in [0.717, 1.165) is 5.69 Å². The molecule has 0 aliphatic carbocycles. The van der Waals surface area contributed by atoms with E-state index in [9.17, 15) is 4.79 Å². The fourth-order valence-corrected chi connectivity index (χ4v) is 1.57. The molecular weight excluding hydrogens is 186 g/mol. The van der Waals surface area contributed by atoms with E-state index in [0.29, 0.717) is 25.3 Å². The average Bonchev–Trinajstić information content (AvgIpc) is 2.58. The fraction of sp³-hybridized carbons (Fsp3) is 0.500. The lowest BCUT2D eigenvalue weighted by molar-refractivity contribution is 0.131. The van der Waals surface area contributed by atoms with Crippen LogP contribution in [0, 0.1) is 0 Å². The molecule has 0 saturated heterocycles. The van der Waals surface area contributed by atoms with Gasteiger partial charge in [0.1, 0.15) is 0 Å². The summed E-state index contributed by atoms with van der Waals surface area (Å²) in [5.41, 5.74) is 1.43. The molecule has 1 aromatic heterocycles. The molecule has 1 aromatic rings. The van der Waals surface area contributed by atoms with Crippen molar-refractivity contribution in [3.63, 3.8) is 0 Å². The molecule has 6 heteroatoms. The van der Waals surface area contributed by atoms with Crippen LogP contribution in [0.25, 0.3) is 0 Å². The van der Waals surface area contributed by atoms with E-state index >= 15 is 0 Å². The van der Waals surface area contributed by atoms with E-state index in [4.69, 9.17) is 10.2 Å². The Labute approximate surface area is 80.4 Å².